The molecule has 15 heavy (non-hydrogen) atoms. The number of nitrogens with two attached hydrogens (primary N) is 1. The lowest BCUT2D eigenvalue weighted by Crippen LogP contribution is -2.21. The summed E-state index contributed by atoms with van der Waals surface area (Å²) >= 11 is 0. The molecule has 0 saturated carbocycles. The van der Waals surface area contributed by atoms with Gasteiger partial charge in [-0.1, -0.05) is 40.7 Å². The average Bonchev–Trinajstić information content (AvgIpc) is 2.21. The highest BCUT2D eigenvalue weighted by molar-refractivity contribution is 5.91. The average molecular weight is 214 g/mol. The molecule has 3 heteroatoms. The zero-order valence-corrected chi connectivity index (χ0v) is 10.7. The maximum absolute atomic E-state index is 10.2. The van der Waals surface area contributed by atoms with Crippen LogP contribution in [-0.4, -0.2) is 30.4 Å². The summed E-state index contributed by atoms with van der Waals surface area (Å²) in [7, 11) is 0. The molecule has 0 aliphatic carbocycles. The number of hydrogen-bond acceptors (Lipinski definition) is 2. The summed E-state index contributed by atoms with van der Waals surface area (Å²) in [6.07, 6.45) is 1.65. The van der Waals surface area contributed by atoms with E-state index in [-0.39, 0.29) is 5.91 Å². The second kappa shape index (κ2) is 11.2. The molecule has 2 N–H and O–H groups in total. The number of carbonyl (C=O) groups excluding carboxylic acids is 1. The van der Waals surface area contributed by atoms with E-state index in [1.165, 1.54) is 19.6 Å². The van der Waals surface area contributed by atoms with Crippen LogP contribution in [0.25, 0.3) is 0 Å². The summed E-state index contributed by atoms with van der Waals surface area (Å²) in [5.41, 5.74) is 5.40. The summed E-state index contributed by atoms with van der Waals surface area (Å²) in [6.45, 7) is 15.6. The predicted octanol–water partition coefficient (Wildman–Crippen LogP) is 2.18. The lowest BCUT2D eigenvalue weighted by molar-refractivity contribution is -0.114. The van der Waals surface area contributed by atoms with Gasteiger partial charge in [0.15, 0.2) is 0 Å². The second-order valence-electron chi connectivity index (χ2n) is 3.34. The molecule has 0 saturated heterocycles. The molecule has 3 nitrogen and oxygen atoms in total. The van der Waals surface area contributed by atoms with Crippen LogP contribution in [0.5, 0.6) is 0 Å². The molecule has 0 bridgehead atoms. The summed E-state index contributed by atoms with van der Waals surface area (Å²) in [4.78, 5) is 12.6. The number of primary amides is 1. The van der Waals surface area contributed by atoms with E-state index < -0.39 is 0 Å². The van der Waals surface area contributed by atoms with Crippen LogP contribution in [-0.2, 0) is 4.79 Å². The molecule has 1 amide bonds. The van der Waals surface area contributed by atoms with Gasteiger partial charge in [0.25, 0.3) is 0 Å². The van der Waals surface area contributed by atoms with Crippen molar-refractivity contribution in [3.63, 3.8) is 0 Å². The maximum Gasteiger partial charge on any atom is 0.244 e. The Kier molecular flexibility index (Phi) is 12.4. The Morgan fingerprint density at radius 3 is 1.60 bits per heavy atom. The number of nitrogens with zero attached hydrogens (tertiary/aromatic N) is 1. The Labute approximate surface area is 94.3 Å². The van der Waals surface area contributed by atoms with E-state index in [4.69, 9.17) is 5.73 Å². The summed E-state index contributed by atoms with van der Waals surface area (Å²) in [5, 5.41) is 0. The van der Waals surface area contributed by atoms with Crippen molar-refractivity contribution in [2.24, 2.45) is 5.73 Å². The van der Waals surface area contributed by atoms with Gasteiger partial charge < -0.3 is 10.6 Å². The zero-order chi connectivity index (χ0) is 12.3. The van der Waals surface area contributed by atoms with Gasteiger partial charge in [-0.05, 0) is 26.1 Å². The van der Waals surface area contributed by atoms with Gasteiger partial charge in [-0.15, -0.1) is 0 Å². The van der Waals surface area contributed by atoms with E-state index in [2.05, 4.69) is 32.3 Å². The minimum atomic E-state index is -0.383. The van der Waals surface area contributed by atoms with E-state index in [1.807, 2.05) is 6.92 Å². The first-order valence-corrected chi connectivity index (χ1v) is 5.73. The fourth-order valence-electron chi connectivity index (χ4n) is 1.10. The standard InChI is InChI=1S/C6H11NO.C6H15N/c1-3-4-5(2)6(7)8;1-4-7(5-2)6-3/h2-4H2,1H3,(H2,7,8);4-6H2,1-3H3. The van der Waals surface area contributed by atoms with Crippen molar-refractivity contribution in [2.75, 3.05) is 19.6 Å². The first kappa shape index (κ1) is 16.6. The lowest BCUT2D eigenvalue weighted by atomic mass is 10.2. The minimum absolute atomic E-state index is 0.383. The highest BCUT2D eigenvalue weighted by atomic mass is 16.1. The molecule has 0 heterocycles. The molecular weight excluding hydrogens is 188 g/mol. The van der Waals surface area contributed by atoms with Gasteiger partial charge in [0.2, 0.25) is 5.91 Å². The molecule has 0 atom stereocenters. The van der Waals surface area contributed by atoms with Crippen molar-refractivity contribution in [3.05, 3.63) is 12.2 Å². The van der Waals surface area contributed by atoms with Gasteiger partial charge in [0.1, 0.15) is 0 Å². The molecule has 0 radical (unpaired) electrons. The van der Waals surface area contributed by atoms with Crippen LogP contribution in [0, 0.1) is 0 Å². The normalized spacial score (nSPS) is 9.40. The van der Waals surface area contributed by atoms with Crippen LogP contribution in [0.3, 0.4) is 0 Å². The van der Waals surface area contributed by atoms with E-state index in [1.54, 1.807) is 0 Å². The van der Waals surface area contributed by atoms with Gasteiger partial charge in [-0.3, -0.25) is 4.79 Å². The van der Waals surface area contributed by atoms with Crippen LogP contribution in [0.1, 0.15) is 40.5 Å². The predicted molar refractivity (Wildman–Crippen MR) is 66.7 cm³/mol. The Morgan fingerprint density at radius 2 is 1.53 bits per heavy atom. The Hall–Kier alpha value is -0.830. The number of amides is 1. The molecule has 0 aliphatic rings. The first-order valence-electron chi connectivity index (χ1n) is 5.73. The van der Waals surface area contributed by atoms with Crippen molar-refractivity contribution >= 4 is 5.91 Å². The van der Waals surface area contributed by atoms with E-state index in [0.29, 0.717) is 5.57 Å². The number of rotatable bonds is 6. The van der Waals surface area contributed by atoms with Gasteiger partial charge in [0.05, 0.1) is 0 Å². The Morgan fingerprint density at radius 1 is 1.13 bits per heavy atom. The second-order valence-corrected chi connectivity index (χ2v) is 3.34. The number of hydrogen-bond donors (Lipinski definition) is 1. The smallest absolute Gasteiger partial charge is 0.244 e. The molecule has 0 aromatic heterocycles. The Bertz CT molecular complexity index is 169. The van der Waals surface area contributed by atoms with Gasteiger partial charge in [-0.25, -0.2) is 0 Å². The highest BCUT2D eigenvalue weighted by Crippen LogP contribution is 1.98. The van der Waals surface area contributed by atoms with Crippen LogP contribution in [0.4, 0.5) is 0 Å². The fourth-order valence-corrected chi connectivity index (χ4v) is 1.10. The highest BCUT2D eigenvalue weighted by Gasteiger charge is 1.96. The molecule has 0 aromatic rings. The fraction of sp³-hybridized carbons (Fsp3) is 0.750. The largest absolute Gasteiger partial charge is 0.366 e. The van der Waals surface area contributed by atoms with Crippen LogP contribution in [0.15, 0.2) is 12.2 Å². The molecule has 0 aromatic carbocycles. The third kappa shape index (κ3) is 11.1. The van der Waals surface area contributed by atoms with Crippen molar-refractivity contribution in [1.82, 2.24) is 4.90 Å². The van der Waals surface area contributed by atoms with Crippen LogP contribution in [0.2, 0.25) is 0 Å². The monoisotopic (exact) mass is 214 g/mol. The van der Waals surface area contributed by atoms with Gasteiger partial charge in [0, 0.05) is 5.57 Å². The molecule has 0 aliphatic heterocycles. The van der Waals surface area contributed by atoms with Gasteiger partial charge in [-0.2, -0.15) is 0 Å². The van der Waals surface area contributed by atoms with E-state index in [9.17, 15) is 4.79 Å². The van der Waals surface area contributed by atoms with Crippen molar-refractivity contribution in [2.45, 2.75) is 40.5 Å². The molecule has 0 rings (SSSR count). The third-order valence-corrected chi connectivity index (χ3v) is 2.24. The molecule has 0 fully saturated rings. The summed E-state index contributed by atoms with van der Waals surface area (Å²) in [6, 6.07) is 0. The molecule has 90 valence electrons. The zero-order valence-electron chi connectivity index (χ0n) is 10.7. The van der Waals surface area contributed by atoms with E-state index in [0.717, 1.165) is 12.8 Å². The maximum atomic E-state index is 10.2. The third-order valence-electron chi connectivity index (χ3n) is 2.24. The van der Waals surface area contributed by atoms with Crippen LogP contribution >= 0.6 is 0 Å². The summed E-state index contributed by atoms with van der Waals surface area (Å²) < 4.78 is 0. The van der Waals surface area contributed by atoms with E-state index >= 15 is 0 Å². The summed E-state index contributed by atoms with van der Waals surface area (Å²) in [5.74, 6) is -0.383. The van der Waals surface area contributed by atoms with Crippen LogP contribution < -0.4 is 5.73 Å². The van der Waals surface area contributed by atoms with Gasteiger partial charge >= 0.3 is 0 Å². The molecule has 0 spiro atoms. The lowest BCUT2D eigenvalue weighted by Gasteiger charge is -2.13. The van der Waals surface area contributed by atoms with Crippen molar-refractivity contribution in [1.29, 1.82) is 0 Å². The quantitative estimate of drug-likeness (QED) is 0.689. The van der Waals surface area contributed by atoms with Crippen molar-refractivity contribution in [3.8, 4) is 0 Å². The molecule has 0 unspecified atom stereocenters. The molecular formula is C12H26N2O. The minimum Gasteiger partial charge on any atom is -0.366 e. The number of carbonyl (C=O) groups is 1. The van der Waals surface area contributed by atoms with Crippen molar-refractivity contribution < 1.29 is 4.79 Å². The Balaban J connectivity index is 0. The topological polar surface area (TPSA) is 46.3 Å². The first-order chi connectivity index (χ1) is 7.03. The SMILES string of the molecule is C=C(CCC)C(N)=O.CCN(CC)CC.